The van der Waals surface area contributed by atoms with E-state index in [0.29, 0.717) is 12.3 Å². The van der Waals surface area contributed by atoms with Crippen LogP contribution >= 0.6 is 15.9 Å². The van der Waals surface area contributed by atoms with Crippen LogP contribution in [0.5, 0.6) is 5.75 Å². The van der Waals surface area contributed by atoms with Crippen molar-refractivity contribution in [3.63, 3.8) is 0 Å². The highest BCUT2D eigenvalue weighted by molar-refractivity contribution is 9.10. The average molecular weight is 335 g/mol. The third-order valence-corrected chi connectivity index (χ3v) is 3.49. The number of rotatable bonds is 6. The zero-order valence-electron chi connectivity index (χ0n) is 11.6. The number of nitrogen functional groups attached to an aromatic ring is 1. The second-order valence-electron chi connectivity index (χ2n) is 4.75. The number of hydrogen-bond acceptors (Lipinski definition) is 3. The van der Waals surface area contributed by atoms with Gasteiger partial charge in [-0.2, -0.15) is 0 Å². The van der Waals surface area contributed by atoms with Crippen LogP contribution in [0.15, 0.2) is 53.0 Å². The SMILES string of the molecule is CN(CCOc1cc(Br)ccc1N)Cc1ccccc1. The van der Waals surface area contributed by atoms with E-state index in [4.69, 9.17) is 10.5 Å². The average Bonchev–Trinajstić information content (AvgIpc) is 2.44. The van der Waals surface area contributed by atoms with E-state index < -0.39 is 0 Å². The van der Waals surface area contributed by atoms with Crippen molar-refractivity contribution in [1.82, 2.24) is 4.90 Å². The second-order valence-corrected chi connectivity index (χ2v) is 5.67. The first-order chi connectivity index (χ1) is 9.65. The number of anilines is 1. The Morgan fingerprint density at radius 3 is 2.65 bits per heavy atom. The minimum atomic E-state index is 0.615. The summed E-state index contributed by atoms with van der Waals surface area (Å²) in [6, 6.07) is 16.0. The minimum Gasteiger partial charge on any atom is -0.490 e. The number of benzene rings is 2. The molecule has 0 unspecified atom stereocenters. The molecule has 2 aromatic carbocycles. The van der Waals surface area contributed by atoms with Gasteiger partial charge in [0.25, 0.3) is 0 Å². The van der Waals surface area contributed by atoms with Crippen molar-refractivity contribution in [3.05, 3.63) is 58.6 Å². The van der Waals surface area contributed by atoms with Gasteiger partial charge >= 0.3 is 0 Å². The number of nitrogens with zero attached hydrogens (tertiary/aromatic N) is 1. The maximum absolute atomic E-state index is 5.87. The van der Waals surface area contributed by atoms with Crippen LogP contribution in [0.3, 0.4) is 0 Å². The van der Waals surface area contributed by atoms with Gasteiger partial charge in [-0.1, -0.05) is 46.3 Å². The number of hydrogen-bond donors (Lipinski definition) is 1. The van der Waals surface area contributed by atoms with E-state index >= 15 is 0 Å². The first-order valence-corrected chi connectivity index (χ1v) is 7.35. The van der Waals surface area contributed by atoms with Crippen LogP contribution in [-0.4, -0.2) is 25.1 Å². The quantitative estimate of drug-likeness (QED) is 0.821. The fourth-order valence-electron chi connectivity index (χ4n) is 1.92. The molecule has 2 aromatic rings. The molecule has 2 rings (SSSR count). The summed E-state index contributed by atoms with van der Waals surface area (Å²) in [5.74, 6) is 0.729. The minimum absolute atomic E-state index is 0.615. The van der Waals surface area contributed by atoms with Crippen molar-refractivity contribution in [1.29, 1.82) is 0 Å². The number of likely N-dealkylation sites (N-methyl/N-ethyl adjacent to an activating group) is 1. The molecular formula is C16H19BrN2O. The highest BCUT2D eigenvalue weighted by atomic mass is 79.9. The van der Waals surface area contributed by atoms with Crippen LogP contribution in [0.2, 0.25) is 0 Å². The Labute approximate surface area is 128 Å². The third-order valence-electron chi connectivity index (χ3n) is 3.00. The van der Waals surface area contributed by atoms with E-state index in [0.717, 1.165) is 23.3 Å². The van der Waals surface area contributed by atoms with E-state index in [1.54, 1.807) is 0 Å². The molecule has 2 N–H and O–H groups in total. The summed E-state index contributed by atoms with van der Waals surface area (Å²) >= 11 is 3.42. The van der Waals surface area contributed by atoms with Gasteiger partial charge in [0.15, 0.2) is 0 Å². The van der Waals surface area contributed by atoms with Gasteiger partial charge in [-0.05, 0) is 30.8 Å². The normalized spacial score (nSPS) is 10.8. The number of halogens is 1. The van der Waals surface area contributed by atoms with Crippen LogP contribution in [0.25, 0.3) is 0 Å². The molecule has 20 heavy (non-hydrogen) atoms. The van der Waals surface area contributed by atoms with E-state index in [-0.39, 0.29) is 0 Å². The fourth-order valence-corrected chi connectivity index (χ4v) is 2.26. The van der Waals surface area contributed by atoms with Crippen LogP contribution in [0, 0.1) is 0 Å². The lowest BCUT2D eigenvalue weighted by Gasteiger charge is -2.17. The summed E-state index contributed by atoms with van der Waals surface area (Å²) in [7, 11) is 2.08. The molecule has 0 atom stereocenters. The highest BCUT2D eigenvalue weighted by Gasteiger charge is 2.03. The van der Waals surface area contributed by atoms with Gasteiger partial charge in [-0.25, -0.2) is 0 Å². The number of nitrogens with two attached hydrogens (primary N) is 1. The Morgan fingerprint density at radius 2 is 1.90 bits per heavy atom. The highest BCUT2D eigenvalue weighted by Crippen LogP contribution is 2.25. The van der Waals surface area contributed by atoms with Crippen LogP contribution in [0.1, 0.15) is 5.56 Å². The predicted molar refractivity (Wildman–Crippen MR) is 86.8 cm³/mol. The van der Waals surface area contributed by atoms with Gasteiger partial charge in [0.1, 0.15) is 12.4 Å². The summed E-state index contributed by atoms with van der Waals surface area (Å²) in [5, 5.41) is 0. The largest absolute Gasteiger partial charge is 0.490 e. The van der Waals surface area contributed by atoms with Gasteiger partial charge in [-0.3, -0.25) is 4.90 Å². The van der Waals surface area contributed by atoms with E-state index in [1.807, 2.05) is 24.3 Å². The zero-order chi connectivity index (χ0) is 14.4. The topological polar surface area (TPSA) is 38.5 Å². The molecule has 0 saturated carbocycles. The Kier molecular flexibility index (Phi) is 5.44. The van der Waals surface area contributed by atoms with Crippen molar-refractivity contribution in [3.8, 4) is 5.75 Å². The van der Waals surface area contributed by atoms with Gasteiger partial charge in [-0.15, -0.1) is 0 Å². The molecule has 0 heterocycles. The summed E-state index contributed by atoms with van der Waals surface area (Å²) in [6.45, 7) is 2.38. The molecule has 4 heteroatoms. The monoisotopic (exact) mass is 334 g/mol. The molecule has 0 saturated heterocycles. The Bertz CT molecular complexity index is 545. The van der Waals surface area contributed by atoms with E-state index in [1.165, 1.54) is 5.56 Å². The molecule has 0 aliphatic heterocycles. The Hall–Kier alpha value is -1.52. The summed E-state index contributed by atoms with van der Waals surface area (Å²) in [5.41, 5.74) is 7.84. The maximum atomic E-state index is 5.87. The molecule has 0 fully saturated rings. The molecule has 0 aliphatic carbocycles. The summed E-state index contributed by atoms with van der Waals surface area (Å²) in [4.78, 5) is 2.23. The summed E-state index contributed by atoms with van der Waals surface area (Å²) < 4.78 is 6.70. The van der Waals surface area contributed by atoms with Crippen LogP contribution in [0.4, 0.5) is 5.69 Å². The van der Waals surface area contributed by atoms with Gasteiger partial charge in [0.2, 0.25) is 0 Å². The molecule has 106 valence electrons. The van der Waals surface area contributed by atoms with Gasteiger partial charge in [0.05, 0.1) is 5.69 Å². The van der Waals surface area contributed by atoms with Gasteiger partial charge < -0.3 is 10.5 Å². The first-order valence-electron chi connectivity index (χ1n) is 6.55. The first kappa shape index (κ1) is 14.9. The van der Waals surface area contributed by atoms with Gasteiger partial charge in [0, 0.05) is 17.6 Å². The molecule has 0 aromatic heterocycles. The van der Waals surface area contributed by atoms with Crippen molar-refractivity contribution >= 4 is 21.6 Å². The van der Waals surface area contributed by atoms with Crippen molar-refractivity contribution in [2.75, 3.05) is 25.9 Å². The fraction of sp³-hybridized carbons (Fsp3) is 0.250. The summed E-state index contributed by atoms with van der Waals surface area (Å²) in [6.07, 6.45) is 0. The molecule has 0 amide bonds. The standard InChI is InChI=1S/C16H19BrN2O/c1-19(12-13-5-3-2-4-6-13)9-10-20-16-11-14(17)7-8-15(16)18/h2-8,11H,9-10,12,18H2,1H3. The lowest BCUT2D eigenvalue weighted by Crippen LogP contribution is -2.24. The second kappa shape index (κ2) is 7.31. The molecule has 0 radical (unpaired) electrons. The van der Waals surface area contributed by atoms with E-state index in [2.05, 4.69) is 52.1 Å². The Morgan fingerprint density at radius 1 is 1.15 bits per heavy atom. The van der Waals surface area contributed by atoms with E-state index in [9.17, 15) is 0 Å². The lowest BCUT2D eigenvalue weighted by molar-refractivity contribution is 0.233. The molecule has 0 aliphatic rings. The van der Waals surface area contributed by atoms with Crippen molar-refractivity contribution < 1.29 is 4.74 Å². The predicted octanol–water partition coefficient (Wildman–Crippen LogP) is 3.54. The molecule has 0 bridgehead atoms. The Balaban J connectivity index is 1.79. The van der Waals surface area contributed by atoms with Crippen LogP contribution in [-0.2, 0) is 6.54 Å². The lowest BCUT2D eigenvalue weighted by atomic mass is 10.2. The molecule has 0 spiro atoms. The zero-order valence-corrected chi connectivity index (χ0v) is 13.1. The maximum Gasteiger partial charge on any atom is 0.143 e. The van der Waals surface area contributed by atoms with Crippen molar-refractivity contribution in [2.45, 2.75) is 6.54 Å². The smallest absolute Gasteiger partial charge is 0.143 e. The van der Waals surface area contributed by atoms with Crippen molar-refractivity contribution in [2.24, 2.45) is 0 Å². The number of ether oxygens (including phenoxy) is 1. The molecular weight excluding hydrogens is 316 g/mol. The molecule has 3 nitrogen and oxygen atoms in total. The van der Waals surface area contributed by atoms with Crippen LogP contribution < -0.4 is 10.5 Å². The third kappa shape index (κ3) is 4.54.